The van der Waals surface area contributed by atoms with E-state index in [2.05, 4.69) is 17.1 Å². The molecule has 0 radical (unpaired) electrons. The first-order valence-corrected chi connectivity index (χ1v) is 7.25. The largest absolute Gasteiger partial charge is 0.302 e. The fourth-order valence-corrected chi connectivity index (χ4v) is 5.75. The van der Waals surface area contributed by atoms with E-state index >= 15 is 0 Å². The minimum absolute atomic E-state index is 0.516. The summed E-state index contributed by atoms with van der Waals surface area (Å²) in [5, 5.41) is 3.89. The first-order valence-electron chi connectivity index (χ1n) is 6.26. The van der Waals surface area contributed by atoms with Crippen LogP contribution in [-0.4, -0.2) is 17.2 Å². The summed E-state index contributed by atoms with van der Waals surface area (Å²) >= 11 is 2.26. The molecule has 1 nitrogen and oxygen atoms in total. The highest BCUT2D eigenvalue weighted by atomic mass is 32.2. The molecular formula is C12H21NS. The Morgan fingerprint density at radius 3 is 2.36 bits per heavy atom. The second kappa shape index (κ2) is 3.41. The van der Waals surface area contributed by atoms with Crippen LogP contribution in [0.25, 0.3) is 0 Å². The van der Waals surface area contributed by atoms with Gasteiger partial charge in [-0.15, -0.1) is 11.8 Å². The zero-order chi connectivity index (χ0) is 9.49. The van der Waals surface area contributed by atoms with Gasteiger partial charge in [0.1, 0.15) is 0 Å². The molecule has 0 aromatic carbocycles. The molecule has 2 aliphatic carbocycles. The average Bonchev–Trinajstić information content (AvgIpc) is 2.80. The van der Waals surface area contributed by atoms with Crippen LogP contribution in [0.4, 0.5) is 0 Å². The Morgan fingerprint density at radius 2 is 1.64 bits per heavy atom. The van der Waals surface area contributed by atoms with Crippen LogP contribution in [0.1, 0.15) is 51.4 Å². The fraction of sp³-hybridized carbons (Fsp3) is 1.00. The molecule has 3 fully saturated rings. The molecule has 1 saturated heterocycles. The van der Waals surface area contributed by atoms with Crippen LogP contribution in [0.5, 0.6) is 0 Å². The van der Waals surface area contributed by atoms with E-state index in [0.717, 1.165) is 0 Å². The van der Waals surface area contributed by atoms with Crippen LogP contribution in [-0.2, 0) is 0 Å². The van der Waals surface area contributed by atoms with Crippen LogP contribution in [0.2, 0.25) is 0 Å². The molecule has 1 atom stereocenters. The molecular weight excluding hydrogens is 190 g/mol. The number of hydrogen-bond acceptors (Lipinski definition) is 2. The molecule has 0 bridgehead atoms. The molecule has 3 rings (SSSR count). The molecule has 1 unspecified atom stereocenters. The van der Waals surface area contributed by atoms with Crippen molar-refractivity contribution in [2.24, 2.45) is 5.41 Å². The van der Waals surface area contributed by atoms with E-state index in [9.17, 15) is 0 Å². The predicted octanol–water partition coefficient (Wildman–Crippen LogP) is 3.15. The van der Waals surface area contributed by atoms with E-state index in [1.807, 2.05) is 0 Å². The van der Waals surface area contributed by atoms with Gasteiger partial charge in [-0.05, 0) is 49.8 Å². The van der Waals surface area contributed by atoms with Gasteiger partial charge in [0.25, 0.3) is 0 Å². The van der Waals surface area contributed by atoms with Crippen molar-refractivity contribution in [3.8, 4) is 0 Å². The Labute approximate surface area is 91.4 Å². The Morgan fingerprint density at radius 1 is 0.857 bits per heavy atom. The smallest absolute Gasteiger partial charge is 0.0702 e. The molecule has 0 aromatic rings. The maximum Gasteiger partial charge on any atom is 0.0702 e. The van der Waals surface area contributed by atoms with Crippen LogP contribution in [0, 0.1) is 5.41 Å². The van der Waals surface area contributed by atoms with E-state index in [0.29, 0.717) is 10.3 Å². The van der Waals surface area contributed by atoms with Crippen molar-refractivity contribution in [1.29, 1.82) is 0 Å². The third kappa shape index (κ3) is 1.19. The lowest BCUT2D eigenvalue weighted by atomic mass is 9.80. The first-order chi connectivity index (χ1) is 6.87. The SMILES string of the molecule is C1CNC2(CCCC23CCCC3)SC1. The van der Waals surface area contributed by atoms with Crippen molar-refractivity contribution < 1.29 is 0 Å². The van der Waals surface area contributed by atoms with E-state index in [1.165, 1.54) is 63.7 Å². The minimum Gasteiger partial charge on any atom is -0.302 e. The fourth-order valence-electron chi connectivity index (χ4n) is 4.01. The predicted molar refractivity (Wildman–Crippen MR) is 62.6 cm³/mol. The second-order valence-electron chi connectivity index (χ2n) is 5.30. The van der Waals surface area contributed by atoms with E-state index < -0.39 is 0 Å². The van der Waals surface area contributed by atoms with Gasteiger partial charge in [-0.25, -0.2) is 0 Å². The molecule has 1 heterocycles. The summed E-state index contributed by atoms with van der Waals surface area (Å²) in [6, 6.07) is 0. The summed E-state index contributed by atoms with van der Waals surface area (Å²) in [7, 11) is 0. The molecule has 0 amide bonds. The highest BCUT2D eigenvalue weighted by Crippen LogP contribution is 2.61. The van der Waals surface area contributed by atoms with Crippen molar-refractivity contribution in [2.75, 3.05) is 12.3 Å². The van der Waals surface area contributed by atoms with Crippen molar-refractivity contribution in [3.05, 3.63) is 0 Å². The van der Waals surface area contributed by atoms with Gasteiger partial charge in [0, 0.05) is 0 Å². The van der Waals surface area contributed by atoms with Gasteiger partial charge >= 0.3 is 0 Å². The van der Waals surface area contributed by atoms with Gasteiger partial charge in [-0.2, -0.15) is 0 Å². The Balaban J connectivity index is 1.88. The molecule has 80 valence electrons. The zero-order valence-corrected chi connectivity index (χ0v) is 9.80. The van der Waals surface area contributed by atoms with Gasteiger partial charge in [0.05, 0.1) is 4.87 Å². The summed E-state index contributed by atoms with van der Waals surface area (Å²) in [6.07, 6.45) is 11.8. The van der Waals surface area contributed by atoms with E-state index in [1.54, 1.807) is 0 Å². The Hall–Kier alpha value is 0.310. The third-order valence-corrected chi connectivity index (χ3v) is 6.45. The van der Waals surface area contributed by atoms with Crippen molar-refractivity contribution in [3.63, 3.8) is 0 Å². The average molecular weight is 211 g/mol. The normalized spacial score (nSPS) is 41.1. The summed E-state index contributed by atoms with van der Waals surface area (Å²) in [4.78, 5) is 0.516. The third-order valence-electron chi connectivity index (χ3n) is 4.68. The number of nitrogens with one attached hydrogen (secondary N) is 1. The standard InChI is InChI=1S/C12H21NS/c1-2-6-11(5-1)7-3-8-12(11)13-9-4-10-14-12/h13H,1-10H2. The zero-order valence-electron chi connectivity index (χ0n) is 8.98. The van der Waals surface area contributed by atoms with Gasteiger partial charge in [-0.1, -0.05) is 19.3 Å². The summed E-state index contributed by atoms with van der Waals surface area (Å²) in [6.45, 7) is 1.27. The Kier molecular flexibility index (Phi) is 2.32. The van der Waals surface area contributed by atoms with Gasteiger partial charge in [0.15, 0.2) is 0 Å². The van der Waals surface area contributed by atoms with Gasteiger partial charge in [0.2, 0.25) is 0 Å². The molecule has 2 heteroatoms. The van der Waals surface area contributed by atoms with Crippen LogP contribution < -0.4 is 5.32 Å². The molecule has 14 heavy (non-hydrogen) atoms. The number of fused-ring (bicyclic) bond motifs is 1. The minimum atomic E-state index is 0.516. The summed E-state index contributed by atoms with van der Waals surface area (Å²) in [5.41, 5.74) is 0.706. The lowest BCUT2D eigenvalue weighted by molar-refractivity contribution is 0.200. The van der Waals surface area contributed by atoms with Crippen LogP contribution in [0.3, 0.4) is 0 Å². The van der Waals surface area contributed by atoms with Crippen LogP contribution >= 0.6 is 11.8 Å². The number of thioether (sulfide) groups is 1. The Bertz CT molecular complexity index is 209. The van der Waals surface area contributed by atoms with E-state index in [-0.39, 0.29) is 0 Å². The molecule has 2 saturated carbocycles. The first kappa shape index (κ1) is 9.53. The molecule has 2 spiro atoms. The van der Waals surface area contributed by atoms with E-state index in [4.69, 9.17) is 0 Å². The topological polar surface area (TPSA) is 12.0 Å². The number of rotatable bonds is 0. The highest BCUT2D eigenvalue weighted by molar-refractivity contribution is 8.00. The van der Waals surface area contributed by atoms with Crippen LogP contribution in [0.15, 0.2) is 0 Å². The monoisotopic (exact) mass is 211 g/mol. The van der Waals surface area contributed by atoms with Crippen molar-refractivity contribution >= 4 is 11.8 Å². The molecule has 0 aromatic heterocycles. The molecule has 1 N–H and O–H groups in total. The summed E-state index contributed by atoms with van der Waals surface area (Å²) < 4.78 is 0. The van der Waals surface area contributed by atoms with Gasteiger partial charge < -0.3 is 5.32 Å². The maximum absolute atomic E-state index is 3.89. The van der Waals surface area contributed by atoms with Gasteiger partial charge in [-0.3, -0.25) is 0 Å². The second-order valence-corrected chi connectivity index (χ2v) is 6.69. The quantitative estimate of drug-likeness (QED) is 0.660. The number of hydrogen-bond donors (Lipinski definition) is 1. The highest BCUT2D eigenvalue weighted by Gasteiger charge is 2.56. The maximum atomic E-state index is 3.89. The molecule has 1 aliphatic heterocycles. The van der Waals surface area contributed by atoms with Crippen molar-refractivity contribution in [1.82, 2.24) is 5.32 Å². The summed E-state index contributed by atoms with van der Waals surface area (Å²) in [5.74, 6) is 1.40. The lowest BCUT2D eigenvalue weighted by Gasteiger charge is -2.46. The van der Waals surface area contributed by atoms with Crippen molar-refractivity contribution in [2.45, 2.75) is 56.2 Å². The molecule has 3 aliphatic rings. The lowest BCUT2D eigenvalue weighted by Crippen LogP contribution is -2.54.